The topological polar surface area (TPSA) is 149 Å². The van der Waals surface area contributed by atoms with Gasteiger partial charge in [0, 0.05) is 6.08 Å². The molecule has 0 amide bonds. The molecule has 0 heterocycles. The van der Waals surface area contributed by atoms with Crippen molar-refractivity contribution in [2.45, 2.75) is 0 Å². The highest BCUT2D eigenvalue weighted by atomic mass is 16.4. The van der Waals surface area contributed by atoms with Gasteiger partial charge in [0.15, 0.2) is 0 Å². The molecule has 0 unspecified atom stereocenters. The SMILES string of the molecule is C=CC(=O)O.O=C(O)c1ccc(C(=O)O)c(C(=O)O)c1. The third-order valence-electron chi connectivity index (χ3n) is 1.90. The third-order valence-corrected chi connectivity index (χ3v) is 1.90. The normalized spacial score (nSPS) is 8.80. The first-order valence-electron chi connectivity index (χ1n) is 4.90. The van der Waals surface area contributed by atoms with Crippen molar-refractivity contribution in [2.75, 3.05) is 0 Å². The van der Waals surface area contributed by atoms with Crippen LogP contribution in [0, 0.1) is 0 Å². The van der Waals surface area contributed by atoms with Crippen molar-refractivity contribution in [3.05, 3.63) is 47.5 Å². The average Bonchev–Trinajstić information content (AvgIpc) is 2.38. The number of aliphatic carboxylic acids is 1. The fraction of sp³-hybridized carbons (Fsp3) is 0. The van der Waals surface area contributed by atoms with Gasteiger partial charge in [0.25, 0.3) is 0 Å². The Bertz CT molecular complexity index is 573. The van der Waals surface area contributed by atoms with Gasteiger partial charge >= 0.3 is 23.9 Å². The molecule has 0 aliphatic carbocycles. The number of aromatic carboxylic acids is 3. The van der Waals surface area contributed by atoms with E-state index in [1.165, 1.54) is 0 Å². The van der Waals surface area contributed by atoms with Crippen molar-refractivity contribution in [3.8, 4) is 0 Å². The molecule has 0 fully saturated rings. The van der Waals surface area contributed by atoms with Crippen molar-refractivity contribution in [2.24, 2.45) is 0 Å². The Labute approximate surface area is 112 Å². The number of benzene rings is 1. The van der Waals surface area contributed by atoms with Gasteiger partial charge in [0.05, 0.1) is 16.7 Å². The van der Waals surface area contributed by atoms with Crippen molar-refractivity contribution >= 4 is 23.9 Å². The van der Waals surface area contributed by atoms with Gasteiger partial charge in [-0.3, -0.25) is 0 Å². The molecule has 8 nitrogen and oxygen atoms in total. The minimum atomic E-state index is -1.48. The molecule has 20 heavy (non-hydrogen) atoms. The highest BCUT2D eigenvalue weighted by molar-refractivity contribution is 6.03. The van der Waals surface area contributed by atoms with Crippen LogP contribution in [0.3, 0.4) is 0 Å². The van der Waals surface area contributed by atoms with Gasteiger partial charge in [-0.2, -0.15) is 0 Å². The molecule has 0 saturated heterocycles. The lowest BCUT2D eigenvalue weighted by atomic mass is 10.0. The van der Waals surface area contributed by atoms with E-state index in [2.05, 4.69) is 6.58 Å². The lowest BCUT2D eigenvalue weighted by molar-refractivity contribution is -0.131. The van der Waals surface area contributed by atoms with Crippen LogP contribution in [0.1, 0.15) is 31.1 Å². The summed E-state index contributed by atoms with van der Waals surface area (Å²) in [7, 11) is 0. The van der Waals surface area contributed by atoms with E-state index in [9.17, 15) is 19.2 Å². The summed E-state index contributed by atoms with van der Waals surface area (Å²) in [5, 5.41) is 33.5. The molecular formula is C12H10O8. The van der Waals surface area contributed by atoms with Crippen LogP contribution >= 0.6 is 0 Å². The highest BCUT2D eigenvalue weighted by Crippen LogP contribution is 2.12. The predicted molar refractivity (Wildman–Crippen MR) is 65.2 cm³/mol. The van der Waals surface area contributed by atoms with Crippen LogP contribution in [0.5, 0.6) is 0 Å². The van der Waals surface area contributed by atoms with Crippen LogP contribution in [-0.4, -0.2) is 44.3 Å². The lowest BCUT2D eigenvalue weighted by Crippen LogP contribution is -2.10. The van der Waals surface area contributed by atoms with Crippen molar-refractivity contribution in [3.63, 3.8) is 0 Å². The molecule has 1 aromatic carbocycles. The highest BCUT2D eigenvalue weighted by Gasteiger charge is 2.17. The summed E-state index contributed by atoms with van der Waals surface area (Å²) in [5.74, 6) is -5.18. The Morgan fingerprint density at radius 2 is 1.30 bits per heavy atom. The Morgan fingerprint density at radius 1 is 0.850 bits per heavy atom. The van der Waals surface area contributed by atoms with Crippen LogP contribution in [-0.2, 0) is 4.79 Å². The fourth-order valence-corrected chi connectivity index (χ4v) is 1.04. The Hall–Kier alpha value is -3.16. The van der Waals surface area contributed by atoms with Crippen molar-refractivity contribution < 1.29 is 39.6 Å². The molecule has 0 aliphatic heterocycles. The first kappa shape index (κ1) is 16.8. The lowest BCUT2D eigenvalue weighted by Gasteiger charge is -2.02. The maximum absolute atomic E-state index is 10.6. The zero-order chi connectivity index (χ0) is 15.9. The fourth-order valence-electron chi connectivity index (χ4n) is 1.04. The van der Waals surface area contributed by atoms with E-state index in [0.717, 1.165) is 24.3 Å². The number of hydrogen-bond donors (Lipinski definition) is 4. The van der Waals surface area contributed by atoms with Crippen LogP contribution < -0.4 is 0 Å². The molecule has 1 rings (SSSR count). The standard InChI is InChI=1S/C9H6O6.C3H4O2/c10-7(11)4-1-2-5(8(12)13)6(3-4)9(14)15;1-2-3(4)5/h1-3H,(H,10,11)(H,12,13)(H,14,15);2H,1H2,(H,4,5). The summed E-state index contributed by atoms with van der Waals surface area (Å²) in [6.45, 7) is 2.96. The maximum Gasteiger partial charge on any atom is 0.336 e. The zero-order valence-corrected chi connectivity index (χ0v) is 9.94. The summed E-state index contributed by atoms with van der Waals surface area (Å²) < 4.78 is 0. The molecule has 0 atom stereocenters. The van der Waals surface area contributed by atoms with E-state index in [-0.39, 0.29) is 5.56 Å². The molecule has 106 valence electrons. The monoisotopic (exact) mass is 282 g/mol. The number of hydrogen-bond acceptors (Lipinski definition) is 4. The number of carbonyl (C=O) groups is 4. The summed E-state index contributed by atoms with van der Waals surface area (Å²) in [5.41, 5.74) is -1.24. The minimum Gasteiger partial charge on any atom is -0.478 e. The molecule has 1 aromatic rings. The summed E-state index contributed by atoms with van der Waals surface area (Å²) in [4.78, 5) is 41.0. The molecular weight excluding hydrogens is 272 g/mol. The molecule has 8 heteroatoms. The molecule has 0 aromatic heterocycles. The van der Waals surface area contributed by atoms with Crippen molar-refractivity contribution in [1.29, 1.82) is 0 Å². The predicted octanol–water partition coefficient (Wildman–Crippen LogP) is 1.04. The number of rotatable bonds is 4. The van der Waals surface area contributed by atoms with Crippen molar-refractivity contribution in [1.82, 2.24) is 0 Å². The molecule has 4 N–H and O–H groups in total. The second-order valence-electron chi connectivity index (χ2n) is 3.22. The smallest absolute Gasteiger partial charge is 0.336 e. The maximum atomic E-state index is 10.6. The largest absolute Gasteiger partial charge is 0.478 e. The summed E-state index contributed by atoms with van der Waals surface area (Å²) >= 11 is 0. The second kappa shape index (κ2) is 7.31. The van der Waals surface area contributed by atoms with E-state index >= 15 is 0 Å². The average molecular weight is 282 g/mol. The number of carboxylic acids is 4. The van der Waals surface area contributed by atoms with Crippen LogP contribution in [0.4, 0.5) is 0 Å². The van der Waals surface area contributed by atoms with E-state index in [1.807, 2.05) is 0 Å². The van der Waals surface area contributed by atoms with Gasteiger partial charge < -0.3 is 20.4 Å². The van der Waals surface area contributed by atoms with Gasteiger partial charge in [-0.15, -0.1) is 0 Å². The third kappa shape index (κ3) is 5.00. The van der Waals surface area contributed by atoms with Gasteiger partial charge in [-0.1, -0.05) is 6.58 Å². The first-order valence-corrected chi connectivity index (χ1v) is 4.90. The molecule has 0 spiro atoms. The number of carboxylic acid groups (broad SMARTS) is 4. The Morgan fingerprint density at radius 3 is 1.60 bits per heavy atom. The second-order valence-corrected chi connectivity index (χ2v) is 3.22. The summed E-state index contributed by atoms with van der Waals surface area (Å²) in [6.07, 6.45) is 0.833. The van der Waals surface area contributed by atoms with E-state index < -0.39 is 35.0 Å². The molecule has 0 radical (unpaired) electrons. The van der Waals surface area contributed by atoms with Crippen LogP contribution in [0.25, 0.3) is 0 Å². The van der Waals surface area contributed by atoms with E-state index in [1.54, 1.807) is 0 Å². The van der Waals surface area contributed by atoms with Gasteiger partial charge in [-0.25, -0.2) is 19.2 Å². The molecule has 0 bridgehead atoms. The quantitative estimate of drug-likeness (QED) is 0.598. The summed E-state index contributed by atoms with van der Waals surface area (Å²) in [6, 6.07) is 2.81. The van der Waals surface area contributed by atoms with Gasteiger partial charge in [0.2, 0.25) is 0 Å². The van der Waals surface area contributed by atoms with Crippen LogP contribution in [0.2, 0.25) is 0 Å². The Balaban J connectivity index is 0.000000621. The molecule has 0 saturated carbocycles. The first-order chi connectivity index (χ1) is 9.20. The van der Waals surface area contributed by atoms with Gasteiger partial charge in [0.1, 0.15) is 0 Å². The van der Waals surface area contributed by atoms with E-state index in [4.69, 9.17) is 20.4 Å². The Kier molecular flexibility index (Phi) is 6.16. The van der Waals surface area contributed by atoms with Gasteiger partial charge in [-0.05, 0) is 18.2 Å². The minimum absolute atomic E-state index is 0.266. The van der Waals surface area contributed by atoms with Crippen LogP contribution in [0.15, 0.2) is 30.9 Å². The zero-order valence-electron chi connectivity index (χ0n) is 9.94. The molecule has 0 aliphatic rings. The van der Waals surface area contributed by atoms with E-state index in [0.29, 0.717) is 0 Å².